The Hall–Kier alpha value is -4.00. The molecule has 1 aliphatic rings. The summed E-state index contributed by atoms with van der Waals surface area (Å²) in [5.74, 6) is 1.65. The van der Waals surface area contributed by atoms with Crippen molar-refractivity contribution in [2.45, 2.75) is 0 Å². The zero-order chi connectivity index (χ0) is 19.5. The summed E-state index contributed by atoms with van der Waals surface area (Å²) < 4.78 is 0. The van der Waals surface area contributed by atoms with Crippen LogP contribution >= 0.6 is 0 Å². The van der Waals surface area contributed by atoms with E-state index in [4.69, 9.17) is 0 Å². The molecule has 5 heterocycles. The first-order chi connectivity index (χ1) is 14.4. The van der Waals surface area contributed by atoms with Crippen molar-refractivity contribution in [1.29, 1.82) is 0 Å². The molecule has 0 aromatic carbocycles. The van der Waals surface area contributed by atoms with Gasteiger partial charge in [-0.2, -0.15) is 0 Å². The summed E-state index contributed by atoms with van der Waals surface area (Å²) in [5.41, 5.74) is 4.25. The molecule has 0 fully saturated rings. The van der Waals surface area contributed by atoms with E-state index < -0.39 is 0 Å². The Labute approximate surface area is 169 Å². The Balaban J connectivity index is 1.37. The lowest BCUT2D eigenvalue weighted by Crippen LogP contribution is -2.30. The summed E-state index contributed by atoms with van der Waals surface area (Å²) in [7, 11) is 1.96. The molecule has 0 bridgehead atoms. The van der Waals surface area contributed by atoms with E-state index in [1.54, 1.807) is 12.4 Å². The minimum absolute atomic E-state index is 0.827. The van der Waals surface area contributed by atoms with Gasteiger partial charge in [-0.3, -0.25) is 9.97 Å². The number of aromatic nitrogens is 4. The third-order valence-corrected chi connectivity index (χ3v) is 4.65. The van der Waals surface area contributed by atoms with Gasteiger partial charge in [0.05, 0.1) is 0 Å². The number of anilines is 2. The second kappa shape index (κ2) is 7.56. The summed E-state index contributed by atoms with van der Waals surface area (Å²) in [4.78, 5) is 21.3. The first kappa shape index (κ1) is 17.1. The van der Waals surface area contributed by atoms with Gasteiger partial charge < -0.3 is 9.62 Å². The lowest BCUT2D eigenvalue weighted by atomic mass is 10.0. The van der Waals surface area contributed by atoms with Crippen LogP contribution in [0.15, 0.2) is 98.1 Å². The topological polar surface area (TPSA) is 58.0 Å². The van der Waals surface area contributed by atoms with E-state index in [-0.39, 0.29) is 0 Å². The van der Waals surface area contributed by atoms with Gasteiger partial charge in [-0.05, 0) is 47.5 Å². The third-order valence-electron chi connectivity index (χ3n) is 4.65. The van der Waals surface area contributed by atoms with Crippen LogP contribution < -0.4 is 9.62 Å². The van der Waals surface area contributed by atoms with E-state index in [0.29, 0.717) is 0 Å². The van der Waals surface area contributed by atoms with E-state index in [0.717, 1.165) is 33.9 Å². The van der Waals surface area contributed by atoms with Crippen LogP contribution in [0, 0.1) is 0 Å². The summed E-state index contributed by atoms with van der Waals surface area (Å²) in [6.07, 6.45) is 14.8. The summed E-state index contributed by atoms with van der Waals surface area (Å²) >= 11 is 0. The predicted octanol–water partition coefficient (Wildman–Crippen LogP) is 3.93. The maximum atomic E-state index is 4.51. The van der Waals surface area contributed by atoms with Crippen LogP contribution in [0.25, 0.3) is 22.3 Å². The molecule has 0 atom stereocenters. The molecule has 29 heavy (non-hydrogen) atoms. The fourth-order valence-electron chi connectivity index (χ4n) is 3.17. The molecule has 0 spiro atoms. The number of pyridine rings is 4. The van der Waals surface area contributed by atoms with Gasteiger partial charge in [0.25, 0.3) is 0 Å². The van der Waals surface area contributed by atoms with Gasteiger partial charge in [0.1, 0.15) is 11.6 Å². The van der Waals surface area contributed by atoms with Gasteiger partial charge in [0, 0.05) is 60.7 Å². The maximum absolute atomic E-state index is 4.51. The second-order valence-corrected chi connectivity index (χ2v) is 6.52. The fraction of sp³-hybridized carbons (Fsp3) is 0. The largest absolute Gasteiger partial charge is 0.402 e. The monoisotopic (exact) mass is 375 g/mol. The number of rotatable bonds is 4. The van der Waals surface area contributed by atoms with E-state index >= 15 is 0 Å². The molecule has 0 unspecified atom stereocenters. The standard InChI is InChI=1S/C22H16BN6/c1-3-19(15-24-7-1)17-5-9-26-21(13-17)28-11-12-29(23-28)22-14-18(6-10-27-22)20-4-2-8-25-16-20/h1-16H. The number of hydrogen-bond donors (Lipinski definition) is 0. The predicted molar refractivity (Wildman–Crippen MR) is 115 cm³/mol. The van der Waals surface area contributed by atoms with E-state index in [2.05, 4.69) is 19.9 Å². The minimum atomic E-state index is 0.827. The molecular weight excluding hydrogens is 359 g/mol. The van der Waals surface area contributed by atoms with Crippen LogP contribution in [-0.2, 0) is 0 Å². The van der Waals surface area contributed by atoms with Crippen LogP contribution in [0.4, 0.5) is 11.6 Å². The van der Waals surface area contributed by atoms with Gasteiger partial charge in [-0.25, -0.2) is 9.97 Å². The molecule has 1 radical (unpaired) electrons. The molecule has 1 aliphatic heterocycles. The number of nitrogens with zero attached hydrogens (tertiary/aromatic N) is 6. The van der Waals surface area contributed by atoms with Gasteiger partial charge in [-0.1, -0.05) is 12.1 Å². The van der Waals surface area contributed by atoms with Crippen molar-refractivity contribution < 1.29 is 0 Å². The maximum Gasteiger partial charge on any atom is 0.402 e. The molecule has 0 amide bonds. The smallest absolute Gasteiger partial charge is 0.358 e. The van der Waals surface area contributed by atoms with Crippen LogP contribution in [0.2, 0.25) is 0 Å². The van der Waals surface area contributed by atoms with E-state index in [1.165, 1.54) is 0 Å². The van der Waals surface area contributed by atoms with E-state index in [9.17, 15) is 0 Å². The lowest BCUT2D eigenvalue weighted by molar-refractivity contribution is 1.23. The van der Waals surface area contributed by atoms with Crippen LogP contribution in [-0.4, -0.2) is 27.5 Å². The van der Waals surface area contributed by atoms with Gasteiger partial charge in [-0.15, -0.1) is 0 Å². The second-order valence-electron chi connectivity index (χ2n) is 6.52. The van der Waals surface area contributed by atoms with Crippen LogP contribution in [0.1, 0.15) is 0 Å². The molecule has 0 aliphatic carbocycles. The van der Waals surface area contributed by atoms with Gasteiger partial charge in [0.2, 0.25) is 0 Å². The van der Waals surface area contributed by atoms with Crippen LogP contribution in [0.5, 0.6) is 0 Å². The first-order valence-electron chi connectivity index (χ1n) is 9.20. The summed E-state index contributed by atoms with van der Waals surface area (Å²) in [5, 5.41) is 0. The highest BCUT2D eigenvalue weighted by atomic mass is 15.3. The quantitative estimate of drug-likeness (QED) is 0.504. The Morgan fingerprint density at radius 1 is 0.586 bits per heavy atom. The van der Waals surface area contributed by atoms with Gasteiger partial charge >= 0.3 is 7.55 Å². The average Bonchev–Trinajstić information content (AvgIpc) is 3.31. The van der Waals surface area contributed by atoms with Crippen LogP contribution in [0.3, 0.4) is 0 Å². The molecule has 4 aromatic rings. The van der Waals surface area contributed by atoms with Crippen molar-refractivity contribution in [2.24, 2.45) is 0 Å². The molecule has 0 saturated heterocycles. The average molecular weight is 375 g/mol. The molecule has 6 nitrogen and oxygen atoms in total. The zero-order valence-corrected chi connectivity index (χ0v) is 15.5. The first-order valence-corrected chi connectivity index (χ1v) is 9.20. The highest BCUT2D eigenvalue weighted by Gasteiger charge is 2.21. The Morgan fingerprint density at radius 2 is 1.10 bits per heavy atom. The minimum Gasteiger partial charge on any atom is -0.358 e. The van der Waals surface area contributed by atoms with Crippen molar-refractivity contribution in [3.63, 3.8) is 0 Å². The molecular formula is C22H16BN6. The third kappa shape index (κ3) is 3.58. The molecule has 137 valence electrons. The lowest BCUT2D eigenvalue weighted by Gasteiger charge is -2.19. The molecule has 0 N–H and O–H groups in total. The summed E-state index contributed by atoms with van der Waals surface area (Å²) in [6.45, 7) is 0. The Morgan fingerprint density at radius 3 is 1.55 bits per heavy atom. The number of hydrogen-bond acceptors (Lipinski definition) is 6. The van der Waals surface area contributed by atoms with Crippen molar-refractivity contribution in [3.05, 3.63) is 98.1 Å². The molecule has 4 aromatic heterocycles. The normalized spacial score (nSPS) is 12.8. The van der Waals surface area contributed by atoms with Gasteiger partial charge in [0.15, 0.2) is 0 Å². The Bertz CT molecular complexity index is 1060. The highest BCUT2D eigenvalue weighted by Crippen LogP contribution is 2.27. The zero-order valence-electron chi connectivity index (χ0n) is 15.5. The SMILES string of the molecule is [B]1N(c2cc(-c3cccnc3)ccn2)C=CN1c1cc(-c2cccnc2)ccn1. The molecule has 7 heteroatoms. The fourth-order valence-corrected chi connectivity index (χ4v) is 3.17. The highest BCUT2D eigenvalue weighted by molar-refractivity contribution is 6.49. The summed E-state index contributed by atoms with van der Waals surface area (Å²) in [6, 6.07) is 16.0. The molecule has 0 saturated carbocycles. The van der Waals surface area contributed by atoms with Crippen molar-refractivity contribution in [3.8, 4) is 22.3 Å². The molecule has 5 rings (SSSR count). The van der Waals surface area contributed by atoms with Crippen molar-refractivity contribution in [1.82, 2.24) is 19.9 Å². The van der Waals surface area contributed by atoms with E-state index in [1.807, 2.05) is 103 Å². The Kier molecular flexibility index (Phi) is 4.46. The van der Waals surface area contributed by atoms with Crippen molar-refractivity contribution in [2.75, 3.05) is 9.62 Å². The van der Waals surface area contributed by atoms with Crippen molar-refractivity contribution >= 4 is 19.2 Å².